The number of hydrogen-bond acceptors (Lipinski definition) is 4. The lowest BCUT2D eigenvalue weighted by molar-refractivity contribution is 0.249. The number of fused-ring (bicyclic) bond motifs is 1. The SMILES string of the molecule is CCc1nc(NC(=O)N[C@H](C)c2cccc(Cl)c2)cc2[nH]nc(OC)c12. The first-order valence-corrected chi connectivity index (χ1v) is 8.64. The molecule has 1 atom stereocenters. The van der Waals surface area contributed by atoms with Gasteiger partial charge in [0.05, 0.1) is 29.7 Å². The Balaban J connectivity index is 1.77. The van der Waals surface area contributed by atoms with E-state index in [-0.39, 0.29) is 12.1 Å². The highest BCUT2D eigenvalue weighted by Gasteiger charge is 2.15. The van der Waals surface area contributed by atoms with Crippen LogP contribution in [0.4, 0.5) is 10.6 Å². The first kappa shape index (κ1) is 18.0. The summed E-state index contributed by atoms with van der Waals surface area (Å²) in [5.41, 5.74) is 2.47. The van der Waals surface area contributed by atoms with Crippen molar-refractivity contribution in [3.8, 4) is 5.88 Å². The monoisotopic (exact) mass is 373 g/mol. The molecule has 1 aromatic carbocycles. The third kappa shape index (κ3) is 3.72. The lowest BCUT2D eigenvalue weighted by Crippen LogP contribution is -2.31. The zero-order valence-corrected chi connectivity index (χ0v) is 15.5. The largest absolute Gasteiger partial charge is 0.479 e. The van der Waals surface area contributed by atoms with Crippen molar-refractivity contribution in [1.29, 1.82) is 0 Å². The summed E-state index contributed by atoms with van der Waals surface area (Å²) in [6.07, 6.45) is 0.683. The maximum atomic E-state index is 12.3. The van der Waals surface area contributed by atoms with Gasteiger partial charge in [-0.1, -0.05) is 30.7 Å². The van der Waals surface area contributed by atoms with E-state index < -0.39 is 0 Å². The van der Waals surface area contributed by atoms with Gasteiger partial charge in [-0.2, -0.15) is 0 Å². The van der Waals surface area contributed by atoms with Crippen LogP contribution < -0.4 is 15.4 Å². The van der Waals surface area contributed by atoms with Gasteiger partial charge in [0, 0.05) is 11.1 Å². The van der Waals surface area contributed by atoms with Crippen LogP contribution in [0.25, 0.3) is 10.9 Å². The molecule has 7 nitrogen and oxygen atoms in total. The predicted octanol–water partition coefficient (Wildman–Crippen LogP) is 4.07. The van der Waals surface area contributed by atoms with Crippen molar-refractivity contribution in [1.82, 2.24) is 20.5 Å². The summed E-state index contributed by atoms with van der Waals surface area (Å²) in [6.45, 7) is 3.87. The molecule has 3 aromatic rings. The molecule has 0 saturated heterocycles. The van der Waals surface area contributed by atoms with Crippen LogP contribution in [-0.4, -0.2) is 28.3 Å². The minimum absolute atomic E-state index is 0.199. The number of hydrogen-bond donors (Lipinski definition) is 3. The topological polar surface area (TPSA) is 91.9 Å². The second-order valence-electron chi connectivity index (χ2n) is 5.84. The summed E-state index contributed by atoms with van der Waals surface area (Å²) >= 11 is 6.00. The molecule has 2 amide bonds. The van der Waals surface area contributed by atoms with E-state index in [0.29, 0.717) is 23.1 Å². The Labute approximate surface area is 156 Å². The number of benzene rings is 1. The second kappa shape index (κ2) is 7.61. The van der Waals surface area contributed by atoms with E-state index >= 15 is 0 Å². The van der Waals surface area contributed by atoms with Crippen molar-refractivity contribution in [3.05, 3.63) is 46.6 Å². The molecule has 0 unspecified atom stereocenters. The number of halogens is 1. The summed E-state index contributed by atoms with van der Waals surface area (Å²) in [7, 11) is 1.56. The Hall–Kier alpha value is -2.80. The number of aromatic amines is 1. The smallest absolute Gasteiger partial charge is 0.320 e. The Kier molecular flexibility index (Phi) is 5.27. The zero-order chi connectivity index (χ0) is 18.7. The molecule has 3 rings (SSSR count). The van der Waals surface area contributed by atoms with Gasteiger partial charge in [-0.05, 0) is 31.0 Å². The number of rotatable bonds is 5. The summed E-state index contributed by atoms with van der Waals surface area (Å²) in [6, 6.07) is 8.56. The molecule has 26 heavy (non-hydrogen) atoms. The van der Waals surface area contributed by atoms with Crippen molar-refractivity contribution in [3.63, 3.8) is 0 Å². The van der Waals surface area contributed by atoms with Crippen molar-refractivity contribution in [2.45, 2.75) is 26.3 Å². The van der Waals surface area contributed by atoms with E-state index in [1.807, 2.05) is 32.0 Å². The van der Waals surface area contributed by atoms with Crippen LogP contribution in [0.1, 0.15) is 31.1 Å². The van der Waals surface area contributed by atoms with Gasteiger partial charge < -0.3 is 10.1 Å². The number of amides is 2. The van der Waals surface area contributed by atoms with Gasteiger partial charge in [-0.15, -0.1) is 5.10 Å². The van der Waals surface area contributed by atoms with E-state index in [1.54, 1.807) is 19.2 Å². The van der Waals surface area contributed by atoms with Gasteiger partial charge in [-0.25, -0.2) is 9.78 Å². The molecule has 136 valence electrons. The number of urea groups is 1. The van der Waals surface area contributed by atoms with Crippen molar-refractivity contribution in [2.24, 2.45) is 0 Å². The van der Waals surface area contributed by atoms with Crippen LogP contribution in [0.2, 0.25) is 5.02 Å². The number of anilines is 1. The van der Waals surface area contributed by atoms with Gasteiger partial charge in [0.1, 0.15) is 5.82 Å². The fourth-order valence-electron chi connectivity index (χ4n) is 2.77. The van der Waals surface area contributed by atoms with Crippen LogP contribution in [-0.2, 0) is 6.42 Å². The summed E-state index contributed by atoms with van der Waals surface area (Å²) in [5, 5.41) is 14.1. The van der Waals surface area contributed by atoms with E-state index in [9.17, 15) is 4.79 Å². The number of ether oxygens (including phenoxy) is 1. The first-order valence-electron chi connectivity index (χ1n) is 8.26. The van der Waals surface area contributed by atoms with Crippen LogP contribution in [0, 0.1) is 0 Å². The molecule has 2 aromatic heterocycles. The lowest BCUT2D eigenvalue weighted by Gasteiger charge is -2.15. The van der Waals surface area contributed by atoms with E-state index in [0.717, 1.165) is 22.2 Å². The fourth-order valence-corrected chi connectivity index (χ4v) is 2.97. The van der Waals surface area contributed by atoms with Gasteiger partial charge >= 0.3 is 6.03 Å². The molecule has 0 bridgehead atoms. The first-order chi connectivity index (χ1) is 12.5. The molecule has 3 N–H and O–H groups in total. The number of aromatic nitrogens is 3. The fraction of sp³-hybridized carbons (Fsp3) is 0.278. The quantitative estimate of drug-likeness (QED) is 0.628. The highest BCUT2D eigenvalue weighted by molar-refractivity contribution is 6.30. The van der Waals surface area contributed by atoms with Gasteiger partial charge in [-0.3, -0.25) is 10.4 Å². The molecular weight excluding hydrogens is 354 g/mol. The minimum Gasteiger partial charge on any atom is -0.479 e. The minimum atomic E-state index is -0.349. The highest BCUT2D eigenvalue weighted by atomic mass is 35.5. The maximum Gasteiger partial charge on any atom is 0.320 e. The molecule has 0 aliphatic heterocycles. The number of aryl methyl sites for hydroxylation is 1. The average Bonchev–Trinajstić information content (AvgIpc) is 3.04. The molecule has 0 radical (unpaired) electrons. The Morgan fingerprint density at radius 3 is 2.88 bits per heavy atom. The molecular formula is C18H20ClN5O2. The highest BCUT2D eigenvalue weighted by Crippen LogP contribution is 2.27. The maximum absolute atomic E-state index is 12.3. The molecule has 8 heteroatoms. The van der Waals surface area contributed by atoms with E-state index in [1.165, 1.54) is 0 Å². The van der Waals surface area contributed by atoms with Gasteiger partial charge in [0.25, 0.3) is 0 Å². The number of carbonyl (C=O) groups excluding carboxylic acids is 1. The number of methoxy groups -OCH3 is 1. The number of H-pyrrole nitrogens is 1. The van der Waals surface area contributed by atoms with Crippen LogP contribution >= 0.6 is 11.6 Å². The van der Waals surface area contributed by atoms with Gasteiger partial charge in [0.15, 0.2) is 0 Å². The second-order valence-corrected chi connectivity index (χ2v) is 6.27. The molecule has 0 aliphatic carbocycles. The number of pyridine rings is 1. The third-order valence-electron chi connectivity index (χ3n) is 4.05. The summed E-state index contributed by atoms with van der Waals surface area (Å²) in [4.78, 5) is 16.8. The van der Waals surface area contributed by atoms with Crippen molar-refractivity contribution in [2.75, 3.05) is 12.4 Å². The molecule has 0 saturated carbocycles. The molecule has 2 heterocycles. The molecule has 0 aliphatic rings. The number of nitrogens with one attached hydrogen (secondary N) is 3. The predicted molar refractivity (Wildman–Crippen MR) is 102 cm³/mol. The summed E-state index contributed by atoms with van der Waals surface area (Å²) < 4.78 is 5.25. The Morgan fingerprint density at radius 1 is 1.38 bits per heavy atom. The summed E-state index contributed by atoms with van der Waals surface area (Å²) in [5.74, 6) is 0.936. The van der Waals surface area contributed by atoms with E-state index in [2.05, 4.69) is 25.8 Å². The zero-order valence-electron chi connectivity index (χ0n) is 14.8. The Bertz CT molecular complexity index is 940. The third-order valence-corrected chi connectivity index (χ3v) is 4.29. The molecule has 0 spiro atoms. The number of nitrogens with zero attached hydrogens (tertiary/aromatic N) is 2. The molecule has 0 fully saturated rings. The average molecular weight is 374 g/mol. The van der Waals surface area contributed by atoms with Crippen molar-refractivity contribution >= 4 is 34.4 Å². The van der Waals surface area contributed by atoms with Crippen molar-refractivity contribution < 1.29 is 9.53 Å². The number of carbonyl (C=O) groups is 1. The standard InChI is InChI=1S/C18H20ClN5O2/c1-4-13-16-14(23-24-17(16)26-3)9-15(21-13)22-18(25)20-10(2)11-6-5-7-12(19)8-11/h5-10H,4H2,1-3H3,(H,23,24)(H2,20,21,22,25)/t10-/m1/s1. The van der Waals surface area contributed by atoms with Gasteiger partial charge in [0.2, 0.25) is 5.88 Å². The Morgan fingerprint density at radius 2 is 2.19 bits per heavy atom. The van der Waals surface area contributed by atoms with Crippen LogP contribution in [0.3, 0.4) is 0 Å². The lowest BCUT2D eigenvalue weighted by atomic mass is 10.1. The van der Waals surface area contributed by atoms with E-state index in [4.69, 9.17) is 16.3 Å². The normalized spacial score (nSPS) is 12.0. The van der Waals surface area contributed by atoms with Crippen LogP contribution in [0.15, 0.2) is 30.3 Å². The van der Waals surface area contributed by atoms with Crippen LogP contribution in [0.5, 0.6) is 5.88 Å².